The zero-order chi connectivity index (χ0) is 21.8. The third kappa shape index (κ3) is 4.88. The quantitative estimate of drug-likeness (QED) is 0.702. The number of amides is 2. The van der Waals surface area contributed by atoms with Crippen LogP contribution in [0.2, 0.25) is 5.02 Å². The van der Waals surface area contributed by atoms with E-state index in [0.717, 1.165) is 12.4 Å². The fraction of sp³-hybridized carbons (Fsp3) is 0.263. The molecule has 3 rings (SSSR count). The minimum absolute atomic E-state index is 0.0337. The number of carbonyl (C=O) groups excluding carboxylic acids is 2. The molecule has 0 radical (unpaired) electrons. The molecule has 1 saturated heterocycles. The van der Waals surface area contributed by atoms with Gasteiger partial charge in [0, 0.05) is 18.7 Å². The molecule has 0 spiro atoms. The maximum Gasteiger partial charge on any atom is 0.414 e. The van der Waals surface area contributed by atoms with Crippen molar-refractivity contribution in [3.05, 3.63) is 70.7 Å². The standard InChI is InChI=1S/C19H16ClF3N4O3/c1-10(4-5-24-18(28)15-8-25-14(7-26-15)17(22)23)27-9-16(30-19(27)29)11-2-3-12(20)13(21)6-11/h2-3,6-8,16-17H,1,4-5,9H2,(H,24,28). The monoisotopic (exact) mass is 440 g/mol. The van der Waals surface area contributed by atoms with E-state index in [1.165, 1.54) is 17.0 Å². The van der Waals surface area contributed by atoms with Crippen LogP contribution in [-0.4, -0.2) is 40.0 Å². The molecule has 1 unspecified atom stereocenters. The van der Waals surface area contributed by atoms with E-state index >= 15 is 0 Å². The molecule has 1 N–H and O–H groups in total. The predicted octanol–water partition coefficient (Wildman–Crippen LogP) is 4.03. The number of aromatic nitrogens is 2. The summed E-state index contributed by atoms with van der Waals surface area (Å²) in [5.74, 6) is -1.22. The molecular formula is C19H16ClF3N4O3. The van der Waals surface area contributed by atoms with Gasteiger partial charge in [0.05, 0.1) is 24.0 Å². The molecule has 30 heavy (non-hydrogen) atoms. The van der Waals surface area contributed by atoms with E-state index in [2.05, 4.69) is 21.9 Å². The Hall–Kier alpha value is -3.14. The van der Waals surface area contributed by atoms with Crippen molar-refractivity contribution in [2.75, 3.05) is 13.1 Å². The van der Waals surface area contributed by atoms with Gasteiger partial charge in [0.15, 0.2) is 0 Å². The Kier molecular flexibility index (Phi) is 6.56. The molecule has 1 atom stereocenters. The smallest absolute Gasteiger partial charge is 0.414 e. The summed E-state index contributed by atoms with van der Waals surface area (Å²) in [5, 5.41) is 2.51. The minimum atomic E-state index is -2.77. The molecule has 158 valence electrons. The highest BCUT2D eigenvalue weighted by Gasteiger charge is 2.34. The number of rotatable bonds is 7. The number of nitrogens with one attached hydrogen (secondary N) is 1. The normalized spacial score (nSPS) is 16.0. The lowest BCUT2D eigenvalue weighted by Gasteiger charge is -2.16. The second kappa shape index (κ2) is 9.12. The van der Waals surface area contributed by atoms with Crippen molar-refractivity contribution in [2.45, 2.75) is 19.0 Å². The van der Waals surface area contributed by atoms with Gasteiger partial charge in [-0.1, -0.05) is 24.2 Å². The second-order valence-corrected chi connectivity index (χ2v) is 6.76. The lowest BCUT2D eigenvalue weighted by molar-refractivity contribution is 0.0947. The Labute approximate surface area is 174 Å². The zero-order valence-corrected chi connectivity index (χ0v) is 16.2. The molecule has 1 aromatic carbocycles. The average Bonchev–Trinajstić information content (AvgIpc) is 3.11. The van der Waals surface area contributed by atoms with E-state index in [1.807, 2.05) is 0 Å². The Bertz CT molecular complexity index is 972. The number of cyclic esters (lactones) is 1. The van der Waals surface area contributed by atoms with E-state index < -0.39 is 36.0 Å². The largest absolute Gasteiger partial charge is 0.439 e. The highest BCUT2D eigenvalue weighted by atomic mass is 35.5. The SMILES string of the molecule is C=C(CCNC(=O)c1cnc(C(F)F)cn1)N1CC(c2ccc(Cl)c(F)c2)OC1=O. The van der Waals surface area contributed by atoms with Crippen LogP contribution in [0.15, 0.2) is 42.9 Å². The maximum absolute atomic E-state index is 13.6. The van der Waals surface area contributed by atoms with Crippen molar-refractivity contribution in [3.63, 3.8) is 0 Å². The van der Waals surface area contributed by atoms with Crippen LogP contribution in [0.1, 0.15) is 40.7 Å². The van der Waals surface area contributed by atoms with Crippen LogP contribution in [-0.2, 0) is 4.74 Å². The van der Waals surface area contributed by atoms with Gasteiger partial charge in [-0.2, -0.15) is 0 Å². The lowest BCUT2D eigenvalue weighted by Crippen LogP contribution is -2.29. The Morgan fingerprint density at radius 1 is 1.37 bits per heavy atom. The van der Waals surface area contributed by atoms with Crippen molar-refractivity contribution in [1.82, 2.24) is 20.2 Å². The molecule has 11 heteroatoms. The summed E-state index contributed by atoms with van der Waals surface area (Å²) in [5.41, 5.74) is 0.203. The number of benzene rings is 1. The highest BCUT2D eigenvalue weighted by molar-refractivity contribution is 6.30. The Morgan fingerprint density at radius 2 is 2.13 bits per heavy atom. The van der Waals surface area contributed by atoms with Gasteiger partial charge >= 0.3 is 6.09 Å². The molecule has 1 aliphatic heterocycles. The van der Waals surface area contributed by atoms with Crippen LogP contribution < -0.4 is 5.32 Å². The third-order valence-electron chi connectivity index (χ3n) is 4.34. The van der Waals surface area contributed by atoms with Crippen LogP contribution in [0.4, 0.5) is 18.0 Å². The molecule has 2 amide bonds. The van der Waals surface area contributed by atoms with Gasteiger partial charge in [0.25, 0.3) is 12.3 Å². The number of carbonyl (C=O) groups is 2. The Balaban J connectivity index is 1.51. The molecule has 0 aliphatic carbocycles. The molecule has 1 fully saturated rings. The number of alkyl halides is 2. The summed E-state index contributed by atoms with van der Waals surface area (Å²) in [4.78, 5) is 32.5. The number of halogens is 4. The van der Waals surface area contributed by atoms with Gasteiger partial charge in [-0.05, 0) is 17.7 Å². The number of nitrogens with zero attached hydrogens (tertiary/aromatic N) is 3. The van der Waals surface area contributed by atoms with Gasteiger partial charge in [-0.3, -0.25) is 14.7 Å². The highest BCUT2D eigenvalue weighted by Crippen LogP contribution is 2.30. The topological polar surface area (TPSA) is 84.4 Å². The summed E-state index contributed by atoms with van der Waals surface area (Å²) in [6.45, 7) is 4.06. The van der Waals surface area contributed by atoms with Crippen molar-refractivity contribution >= 4 is 23.6 Å². The van der Waals surface area contributed by atoms with Crippen molar-refractivity contribution in [3.8, 4) is 0 Å². The summed E-state index contributed by atoms with van der Waals surface area (Å²) < 4.78 is 43.8. The van der Waals surface area contributed by atoms with Crippen molar-refractivity contribution in [1.29, 1.82) is 0 Å². The van der Waals surface area contributed by atoms with Crippen LogP contribution in [0.25, 0.3) is 0 Å². The Morgan fingerprint density at radius 3 is 2.77 bits per heavy atom. The molecule has 0 bridgehead atoms. The van der Waals surface area contributed by atoms with Gasteiger partial charge in [-0.15, -0.1) is 0 Å². The van der Waals surface area contributed by atoms with E-state index in [0.29, 0.717) is 11.3 Å². The first-order valence-corrected chi connectivity index (χ1v) is 9.13. The van der Waals surface area contributed by atoms with Gasteiger partial charge < -0.3 is 10.1 Å². The van der Waals surface area contributed by atoms with E-state index in [-0.39, 0.29) is 30.2 Å². The molecule has 1 aromatic heterocycles. The predicted molar refractivity (Wildman–Crippen MR) is 100 cm³/mol. The first kappa shape index (κ1) is 21.6. The summed E-state index contributed by atoms with van der Waals surface area (Å²) >= 11 is 5.66. The fourth-order valence-electron chi connectivity index (χ4n) is 2.72. The lowest BCUT2D eigenvalue weighted by atomic mass is 10.1. The maximum atomic E-state index is 13.6. The second-order valence-electron chi connectivity index (χ2n) is 6.36. The van der Waals surface area contributed by atoms with E-state index in [1.54, 1.807) is 6.07 Å². The van der Waals surface area contributed by atoms with Crippen LogP contribution in [0, 0.1) is 5.82 Å². The van der Waals surface area contributed by atoms with Crippen molar-refractivity contribution in [2.24, 2.45) is 0 Å². The third-order valence-corrected chi connectivity index (χ3v) is 4.64. The van der Waals surface area contributed by atoms with E-state index in [4.69, 9.17) is 16.3 Å². The molecule has 1 aliphatic rings. The number of ether oxygens (including phenoxy) is 1. The molecule has 2 aromatic rings. The van der Waals surface area contributed by atoms with Crippen molar-refractivity contribution < 1.29 is 27.5 Å². The van der Waals surface area contributed by atoms with Crippen LogP contribution in [0.5, 0.6) is 0 Å². The summed E-state index contributed by atoms with van der Waals surface area (Å²) in [7, 11) is 0. The first-order chi connectivity index (χ1) is 14.3. The van der Waals surface area contributed by atoms with Gasteiger partial charge in [0.2, 0.25) is 0 Å². The number of hydrogen-bond donors (Lipinski definition) is 1. The van der Waals surface area contributed by atoms with E-state index in [9.17, 15) is 22.8 Å². The molecule has 7 nitrogen and oxygen atoms in total. The molecular weight excluding hydrogens is 425 g/mol. The zero-order valence-electron chi connectivity index (χ0n) is 15.4. The molecule has 0 saturated carbocycles. The first-order valence-electron chi connectivity index (χ1n) is 8.75. The average molecular weight is 441 g/mol. The van der Waals surface area contributed by atoms with Crippen LogP contribution >= 0.6 is 11.6 Å². The van der Waals surface area contributed by atoms with Crippen LogP contribution in [0.3, 0.4) is 0 Å². The fourth-order valence-corrected chi connectivity index (χ4v) is 2.84. The van der Waals surface area contributed by atoms with Gasteiger partial charge in [0.1, 0.15) is 23.3 Å². The molecule has 2 heterocycles. The summed E-state index contributed by atoms with van der Waals surface area (Å²) in [6.07, 6.45) is -2.09. The minimum Gasteiger partial charge on any atom is -0.439 e. The number of hydrogen-bond acceptors (Lipinski definition) is 5. The summed E-state index contributed by atoms with van der Waals surface area (Å²) in [6, 6.07) is 4.15. The van der Waals surface area contributed by atoms with Gasteiger partial charge in [-0.25, -0.2) is 22.9 Å².